The maximum absolute atomic E-state index is 9.24. The fourth-order valence-electron chi connectivity index (χ4n) is 1.52. The summed E-state index contributed by atoms with van der Waals surface area (Å²) in [6.45, 7) is 7.36. The normalized spacial score (nSPS) is 12.9. The molecule has 0 aliphatic rings. The Hall–Kier alpha value is -0.540. The molecule has 0 saturated heterocycles. The van der Waals surface area contributed by atoms with Crippen LogP contribution in [0.4, 0.5) is 5.69 Å². The zero-order chi connectivity index (χ0) is 12.1. The SMILES string of the molecule is Cc1ccc(NCC(CO)C(C)C)c(Br)c1. The molecule has 0 spiro atoms. The number of rotatable bonds is 5. The second-order valence-electron chi connectivity index (χ2n) is 4.55. The van der Waals surface area contributed by atoms with E-state index in [1.54, 1.807) is 0 Å². The van der Waals surface area contributed by atoms with E-state index < -0.39 is 0 Å². The first-order valence-electron chi connectivity index (χ1n) is 5.65. The summed E-state index contributed by atoms with van der Waals surface area (Å²) in [4.78, 5) is 0. The minimum Gasteiger partial charge on any atom is -0.396 e. The Morgan fingerprint density at radius 1 is 1.38 bits per heavy atom. The van der Waals surface area contributed by atoms with Crippen molar-refractivity contribution in [3.63, 3.8) is 0 Å². The third-order valence-corrected chi connectivity index (χ3v) is 3.51. The van der Waals surface area contributed by atoms with Gasteiger partial charge in [-0.1, -0.05) is 19.9 Å². The molecule has 0 aliphatic carbocycles. The van der Waals surface area contributed by atoms with Crippen LogP contribution < -0.4 is 5.32 Å². The fourth-order valence-corrected chi connectivity index (χ4v) is 2.15. The van der Waals surface area contributed by atoms with E-state index in [0.717, 1.165) is 16.7 Å². The molecule has 1 aromatic rings. The van der Waals surface area contributed by atoms with Gasteiger partial charge in [0, 0.05) is 29.2 Å². The lowest BCUT2D eigenvalue weighted by Gasteiger charge is -2.20. The van der Waals surface area contributed by atoms with E-state index in [1.165, 1.54) is 5.56 Å². The summed E-state index contributed by atoms with van der Waals surface area (Å²) in [5, 5.41) is 12.6. The molecule has 0 heterocycles. The molecule has 3 heteroatoms. The highest BCUT2D eigenvalue weighted by atomic mass is 79.9. The van der Waals surface area contributed by atoms with Crippen LogP contribution in [0.1, 0.15) is 19.4 Å². The van der Waals surface area contributed by atoms with Crippen molar-refractivity contribution in [2.24, 2.45) is 11.8 Å². The topological polar surface area (TPSA) is 32.3 Å². The van der Waals surface area contributed by atoms with Crippen molar-refractivity contribution in [2.75, 3.05) is 18.5 Å². The van der Waals surface area contributed by atoms with Crippen LogP contribution in [0.25, 0.3) is 0 Å². The van der Waals surface area contributed by atoms with E-state index in [2.05, 4.69) is 60.2 Å². The van der Waals surface area contributed by atoms with Crippen LogP contribution in [0.3, 0.4) is 0 Å². The highest BCUT2D eigenvalue weighted by molar-refractivity contribution is 9.10. The summed E-state index contributed by atoms with van der Waals surface area (Å²) in [6, 6.07) is 6.23. The molecule has 0 radical (unpaired) electrons. The smallest absolute Gasteiger partial charge is 0.0484 e. The average molecular weight is 286 g/mol. The molecule has 1 unspecified atom stereocenters. The van der Waals surface area contributed by atoms with Gasteiger partial charge in [0.25, 0.3) is 0 Å². The summed E-state index contributed by atoms with van der Waals surface area (Å²) in [5.74, 6) is 0.787. The highest BCUT2D eigenvalue weighted by Gasteiger charge is 2.12. The van der Waals surface area contributed by atoms with Crippen molar-refractivity contribution in [3.8, 4) is 0 Å². The quantitative estimate of drug-likeness (QED) is 0.869. The molecule has 0 aliphatic heterocycles. The first kappa shape index (κ1) is 13.5. The number of hydrogen-bond donors (Lipinski definition) is 2. The molecule has 0 amide bonds. The van der Waals surface area contributed by atoms with Crippen molar-refractivity contribution in [1.29, 1.82) is 0 Å². The summed E-state index contributed by atoms with van der Waals surface area (Å²) >= 11 is 3.53. The molecule has 2 N–H and O–H groups in total. The van der Waals surface area contributed by atoms with Gasteiger partial charge in [0.05, 0.1) is 0 Å². The lowest BCUT2D eigenvalue weighted by molar-refractivity contribution is 0.198. The molecular weight excluding hydrogens is 266 g/mol. The van der Waals surface area contributed by atoms with Crippen LogP contribution in [0.2, 0.25) is 0 Å². The lowest BCUT2D eigenvalue weighted by Crippen LogP contribution is -2.23. The van der Waals surface area contributed by atoms with E-state index in [9.17, 15) is 5.11 Å². The van der Waals surface area contributed by atoms with Gasteiger partial charge in [-0.15, -0.1) is 0 Å². The fraction of sp³-hybridized carbons (Fsp3) is 0.538. The van der Waals surface area contributed by atoms with E-state index in [-0.39, 0.29) is 6.61 Å². The molecule has 0 bridgehead atoms. The minimum absolute atomic E-state index is 0.230. The maximum atomic E-state index is 9.24. The van der Waals surface area contributed by atoms with Crippen LogP contribution in [-0.2, 0) is 0 Å². The Labute approximate surface area is 106 Å². The van der Waals surface area contributed by atoms with Crippen LogP contribution >= 0.6 is 15.9 Å². The van der Waals surface area contributed by atoms with Crippen LogP contribution in [0.15, 0.2) is 22.7 Å². The Morgan fingerprint density at radius 3 is 2.56 bits per heavy atom. The lowest BCUT2D eigenvalue weighted by atomic mass is 9.97. The molecule has 0 saturated carbocycles. The number of aliphatic hydroxyl groups excluding tert-OH is 1. The second kappa shape index (κ2) is 6.26. The number of anilines is 1. The Kier molecular flexibility index (Phi) is 5.29. The number of nitrogens with one attached hydrogen (secondary N) is 1. The molecule has 2 nitrogen and oxygen atoms in total. The van der Waals surface area contributed by atoms with Gasteiger partial charge >= 0.3 is 0 Å². The summed E-state index contributed by atoms with van der Waals surface area (Å²) in [5.41, 5.74) is 2.32. The highest BCUT2D eigenvalue weighted by Crippen LogP contribution is 2.24. The zero-order valence-electron chi connectivity index (χ0n) is 10.1. The first-order valence-corrected chi connectivity index (χ1v) is 6.44. The predicted octanol–water partition coefficient (Wildman–Crippen LogP) is 3.43. The van der Waals surface area contributed by atoms with E-state index in [1.807, 2.05) is 0 Å². The molecule has 0 fully saturated rings. The van der Waals surface area contributed by atoms with Gasteiger partial charge in [0.1, 0.15) is 0 Å². The van der Waals surface area contributed by atoms with Gasteiger partial charge in [0.15, 0.2) is 0 Å². The van der Waals surface area contributed by atoms with Crippen LogP contribution in [0.5, 0.6) is 0 Å². The molecule has 1 aromatic carbocycles. The summed E-state index contributed by atoms with van der Waals surface area (Å²) < 4.78 is 1.08. The average Bonchev–Trinajstić information content (AvgIpc) is 2.21. The van der Waals surface area contributed by atoms with Crippen molar-refractivity contribution < 1.29 is 5.11 Å². The number of hydrogen-bond acceptors (Lipinski definition) is 2. The monoisotopic (exact) mass is 285 g/mol. The number of halogens is 1. The molecule has 1 rings (SSSR count). The van der Waals surface area contributed by atoms with E-state index in [4.69, 9.17) is 0 Å². The van der Waals surface area contributed by atoms with Gasteiger partial charge in [-0.2, -0.15) is 0 Å². The second-order valence-corrected chi connectivity index (χ2v) is 5.41. The van der Waals surface area contributed by atoms with Crippen LogP contribution in [-0.4, -0.2) is 18.3 Å². The molecule has 90 valence electrons. The van der Waals surface area contributed by atoms with Gasteiger partial charge in [-0.25, -0.2) is 0 Å². The molecule has 16 heavy (non-hydrogen) atoms. The van der Waals surface area contributed by atoms with Crippen molar-refractivity contribution in [3.05, 3.63) is 28.2 Å². The minimum atomic E-state index is 0.230. The third-order valence-electron chi connectivity index (χ3n) is 2.86. The molecule has 0 aromatic heterocycles. The number of aryl methyl sites for hydroxylation is 1. The van der Waals surface area contributed by atoms with Gasteiger partial charge in [-0.05, 0) is 46.5 Å². The number of benzene rings is 1. The van der Waals surface area contributed by atoms with Crippen LogP contribution in [0, 0.1) is 18.8 Å². The maximum Gasteiger partial charge on any atom is 0.0484 e. The van der Waals surface area contributed by atoms with E-state index in [0.29, 0.717) is 11.8 Å². The largest absolute Gasteiger partial charge is 0.396 e. The van der Waals surface area contributed by atoms with Crippen molar-refractivity contribution in [2.45, 2.75) is 20.8 Å². The summed E-state index contributed by atoms with van der Waals surface area (Å²) in [6.07, 6.45) is 0. The van der Waals surface area contributed by atoms with Gasteiger partial charge in [-0.3, -0.25) is 0 Å². The first-order chi connectivity index (χ1) is 7.54. The molecule has 1 atom stereocenters. The Morgan fingerprint density at radius 2 is 2.06 bits per heavy atom. The zero-order valence-corrected chi connectivity index (χ0v) is 11.7. The summed E-state index contributed by atoms with van der Waals surface area (Å²) in [7, 11) is 0. The van der Waals surface area contributed by atoms with E-state index >= 15 is 0 Å². The van der Waals surface area contributed by atoms with Crippen molar-refractivity contribution in [1.82, 2.24) is 0 Å². The number of aliphatic hydroxyl groups is 1. The van der Waals surface area contributed by atoms with Gasteiger partial charge < -0.3 is 10.4 Å². The van der Waals surface area contributed by atoms with Crippen molar-refractivity contribution >= 4 is 21.6 Å². The Balaban J connectivity index is 2.60. The molecular formula is C13H20BrNO. The standard InChI is InChI=1S/C13H20BrNO/c1-9(2)11(8-16)7-15-13-5-4-10(3)6-12(13)14/h4-6,9,11,15-16H,7-8H2,1-3H3. The Bertz CT molecular complexity index is 339. The van der Waals surface area contributed by atoms with Gasteiger partial charge in [0.2, 0.25) is 0 Å². The predicted molar refractivity (Wildman–Crippen MR) is 72.8 cm³/mol. The third kappa shape index (κ3) is 3.80.